The van der Waals surface area contributed by atoms with Crippen molar-refractivity contribution < 1.29 is 13.2 Å². The fourth-order valence-electron chi connectivity index (χ4n) is 3.85. The third-order valence-electron chi connectivity index (χ3n) is 5.50. The third-order valence-corrected chi connectivity index (χ3v) is 6.92. The Balaban J connectivity index is 1.53. The topological polar surface area (TPSA) is 76.5 Å². The molecule has 1 atom stereocenters. The van der Waals surface area contributed by atoms with Crippen LogP contribution in [0.25, 0.3) is 0 Å². The van der Waals surface area contributed by atoms with E-state index in [1.165, 1.54) is 23.5 Å². The van der Waals surface area contributed by atoms with E-state index in [0.717, 1.165) is 39.1 Å². The van der Waals surface area contributed by atoms with Crippen LogP contribution in [0.1, 0.15) is 26.2 Å². The van der Waals surface area contributed by atoms with E-state index in [2.05, 4.69) is 21.6 Å². The number of aryl methyl sites for hydroxylation is 1. The average molecular weight is 342 g/mol. The molecule has 8 heteroatoms. The Morgan fingerprint density at radius 1 is 1.39 bits per heavy atom. The first-order valence-electron chi connectivity index (χ1n) is 8.23. The van der Waals surface area contributed by atoms with Gasteiger partial charge in [-0.2, -0.15) is 5.10 Å². The highest BCUT2D eigenvalue weighted by atomic mass is 32.2. The van der Waals surface area contributed by atoms with Crippen molar-refractivity contribution in [2.45, 2.75) is 37.1 Å². The maximum atomic E-state index is 12.2. The summed E-state index contributed by atoms with van der Waals surface area (Å²) >= 11 is 0. The molecule has 3 rings (SSSR count). The molecule has 1 unspecified atom stereocenters. The van der Waals surface area contributed by atoms with Gasteiger partial charge in [-0.3, -0.25) is 9.58 Å². The van der Waals surface area contributed by atoms with Crippen molar-refractivity contribution in [3.05, 3.63) is 12.4 Å². The van der Waals surface area contributed by atoms with Crippen LogP contribution in [0.2, 0.25) is 0 Å². The number of nitrogens with one attached hydrogen (secondary N) is 1. The van der Waals surface area contributed by atoms with Crippen LogP contribution in [0.5, 0.6) is 0 Å². The first-order chi connectivity index (χ1) is 10.9. The summed E-state index contributed by atoms with van der Waals surface area (Å²) in [5.74, 6) is 0. The molecule has 1 spiro atoms. The van der Waals surface area contributed by atoms with Crippen molar-refractivity contribution >= 4 is 10.0 Å². The minimum atomic E-state index is -3.46. The Morgan fingerprint density at radius 2 is 2.13 bits per heavy atom. The van der Waals surface area contributed by atoms with E-state index in [1.807, 2.05) is 0 Å². The number of rotatable bonds is 5. The summed E-state index contributed by atoms with van der Waals surface area (Å²) in [5, 5.41) is 3.91. The van der Waals surface area contributed by atoms with E-state index < -0.39 is 10.0 Å². The molecule has 2 fully saturated rings. The summed E-state index contributed by atoms with van der Waals surface area (Å²) in [6.45, 7) is 6.18. The summed E-state index contributed by atoms with van der Waals surface area (Å²) in [6.07, 6.45) is 6.31. The van der Waals surface area contributed by atoms with E-state index in [1.54, 1.807) is 7.05 Å². The van der Waals surface area contributed by atoms with Crippen LogP contribution in [0.3, 0.4) is 0 Å². The molecule has 2 aliphatic rings. The predicted molar refractivity (Wildman–Crippen MR) is 86.5 cm³/mol. The van der Waals surface area contributed by atoms with Crippen molar-refractivity contribution in [3.63, 3.8) is 0 Å². The van der Waals surface area contributed by atoms with Gasteiger partial charge in [0.2, 0.25) is 10.0 Å². The highest BCUT2D eigenvalue weighted by Gasteiger charge is 2.45. The molecule has 1 aromatic rings. The van der Waals surface area contributed by atoms with Gasteiger partial charge in [-0.25, -0.2) is 13.1 Å². The van der Waals surface area contributed by atoms with Crippen LogP contribution in [-0.4, -0.2) is 62.0 Å². The molecule has 2 aliphatic heterocycles. The molecule has 130 valence electrons. The van der Waals surface area contributed by atoms with Crippen LogP contribution < -0.4 is 4.72 Å². The maximum absolute atomic E-state index is 12.2. The third kappa shape index (κ3) is 3.45. The number of hydrogen-bond donors (Lipinski definition) is 1. The second-order valence-corrected chi connectivity index (χ2v) is 8.45. The Morgan fingerprint density at radius 3 is 2.78 bits per heavy atom. The number of nitrogens with zero attached hydrogens (tertiary/aromatic N) is 3. The maximum Gasteiger partial charge on any atom is 0.243 e. The van der Waals surface area contributed by atoms with Crippen molar-refractivity contribution in [1.29, 1.82) is 0 Å². The number of likely N-dealkylation sites (tertiary alicyclic amines) is 1. The van der Waals surface area contributed by atoms with Gasteiger partial charge in [-0.05, 0) is 38.1 Å². The second-order valence-electron chi connectivity index (χ2n) is 6.68. The molecule has 0 bridgehead atoms. The molecule has 1 aromatic heterocycles. The number of ether oxygens (including phenoxy) is 1. The highest BCUT2D eigenvalue weighted by Crippen LogP contribution is 2.44. The quantitative estimate of drug-likeness (QED) is 0.847. The first kappa shape index (κ1) is 16.9. The molecule has 0 aromatic carbocycles. The smallest absolute Gasteiger partial charge is 0.243 e. The minimum Gasteiger partial charge on any atom is -0.381 e. The lowest BCUT2D eigenvalue weighted by atomic mass is 9.74. The van der Waals surface area contributed by atoms with Crippen LogP contribution in [0, 0.1) is 5.41 Å². The molecule has 2 saturated heterocycles. The van der Waals surface area contributed by atoms with Crippen LogP contribution >= 0.6 is 0 Å². The van der Waals surface area contributed by atoms with Crippen LogP contribution in [0.4, 0.5) is 0 Å². The van der Waals surface area contributed by atoms with Gasteiger partial charge in [0.1, 0.15) is 4.90 Å². The Labute approximate surface area is 138 Å². The lowest BCUT2D eigenvalue weighted by Gasteiger charge is -2.39. The average Bonchev–Trinajstić information content (AvgIpc) is 3.08. The van der Waals surface area contributed by atoms with E-state index in [4.69, 9.17) is 4.74 Å². The summed E-state index contributed by atoms with van der Waals surface area (Å²) in [5.41, 5.74) is 0.362. The summed E-state index contributed by atoms with van der Waals surface area (Å²) in [4.78, 5) is 2.62. The van der Waals surface area contributed by atoms with Gasteiger partial charge in [0.15, 0.2) is 0 Å². The number of hydrogen-bond acceptors (Lipinski definition) is 5. The molecule has 0 saturated carbocycles. The van der Waals surface area contributed by atoms with E-state index in [0.29, 0.717) is 18.0 Å². The van der Waals surface area contributed by atoms with Crippen molar-refractivity contribution in [2.24, 2.45) is 12.5 Å². The van der Waals surface area contributed by atoms with E-state index >= 15 is 0 Å². The molecule has 1 N–H and O–H groups in total. The fraction of sp³-hybridized carbons (Fsp3) is 0.800. The van der Waals surface area contributed by atoms with Crippen molar-refractivity contribution in [1.82, 2.24) is 19.4 Å². The number of aromatic nitrogens is 2. The molecule has 3 heterocycles. The lowest BCUT2D eigenvalue weighted by molar-refractivity contribution is -0.000409. The van der Waals surface area contributed by atoms with Gasteiger partial charge in [0, 0.05) is 45.6 Å². The minimum absolute atomic E-state index is 0.218. The van der Waals surface area contributed by atoms with Crippen molar-refractivity contribution in [2.75, 3.05) is 32.8 Å². The number of sulfonamides is 1. The summed E-state index contributed by atoms with van der Waals surface area (Å²) < 4.78 is 34.1. The van der Waals surface area contributed by atoms with Gasteiger partial charge in [-0.1, -0.05) is 0 Å². The second kappa shape index (κ2) is 6.51. The molecule has 0 radical (unpaired) electrons. The molecular weight excluding hydrogens is 316 g/mol. The molecular formula is C15H26N4O3S. The lowest BCUT2D eigenvalue weighted by Crippen LogP contribution is -2.43. The van der Waals surface area contributed by atoms with Crippen LogP contribution in [0.15, 0.2) is 17.3 Å². The molecule has 23 heavy (non-hydrogen) atoms. The molecule has 0 aliphatic carbocycles. The highest BCUT2D eigenvalue weighted by molar-refractivity contribution is 7.89. The Hall–Kier alpha value is -0.960. The largest absolute Gasteiger partial charge is 0.381 e. The monoisotopic (exact) mass is 342 g/mol. The molecule has 7 nitrogen and oxygen atoms in total. The van der Waals surface area contributed by atoms with E-state index in [-0.39, 0.29) is 4.90 Å². The van der Waals surface area contributed by atoms with Gasteiger partial charge < -0.3 is 4.74 Å². The standard InChI is InChI=1S/C15H26N4O3S/c1-13-15(4-9-22-10-5-15)3-7-19(13)8-6-17-23(20,21)14-11-16-18(2)12-14/h11-13,17H,3-10H2,1-2H3. The van der Waals surface area contributed by atoms with Gasteiger partial charge >= 0.3 is 0 Å². The van der Waals surface area contributed by atoms with E-state index in [9.17, 15) is 8.42 Å². The zero-order valence-electron chi connectivity index (χ0n) is 13.9. The van der Waals surface area contributed by atoms with Gasteiger partial charge in [0.25, 0.3) is 0 Å². The SMILES string of the molecule is CC1N(CCNS(=O)(=O)c2cnn(C)c2)CCC12CCOCC2. The first-order valence-corrected chi connectivity index (χ1v) is 9.71. The normalized spacial score (nSPS) is 25.2. The Bertz CT molecular complexity index is 637. The summed E-state index contributed by atoms with van der Waals surface area (Å²) in [7, 11) is -1.76. The predicted octanol–water partition coefficient (Wildman–Crippen LogP) is 0.589. The van der Waals surface area contributed by atoms with Crippen molar-refractivity contribution in [3.8, 4) is 0 Å². The van der Waals surface area contributed by atoms with Crippen LogP contribution in [-0.2, 0) is 21.8 Å². The van der Waals surface area contributed by atoms with Gasteiger partial charge in [-0.15, -0.1) is 0 Å². The van der Waals surface area contributed by atoms with Gasteiger partial charge in [0.05, 0.1) is 6.20 Å². The zero-order chi connectivity index (χ0) is 16.5. The molecule has 0 amide bonds. The fourth-order valence-corrected chi connectivity index (χ4v) is 4.86. The summed E-state index contributed by atoms with van der Waals surface area (Å²) in [6, 6.07) is 0.481. The Kier molecular flexibility index (Phi) is 4.78. The zero-order valence-corrected chi connectivity index (χ0v) is 14.7.